The third-order valence-corrected chi connectivity index (χ3v) is 5.53. The molecule has 1 saturated carbocycles. The Morgan fingerprint density at radius 2 is 1.84 bits per heavy atom. The third-order valence-electron chi connectivity index (χ3n) is 5.53. The summed E-state index contributed by atoms with van der Waals surface area (Å²) in [4.78, 5) is 24.4. The van der Waals surface area contributed by atoms with Crippen LogP contribution in [0.25, 0.3) is 0 Å². The van der Waals surface area contributed by atoms with Gasteiger partial charge in [-0.1, -0.05) is 43.5 Å². The van der Waals surface area contributed by atoms with E-state index in [-0.39, 0.29) is 24.0 Å². The van der Waals surface area contributed by atoms with Crippen LogP contribution in [-0.4, -0.2) is 24.0 Å². The summed E-state index contributed by atoms with van der Waals surface area (Å²) >= 11 is 0. The molecule has 1 fully saturated rings. The maximum atomic E-state index is 12.4. The van der Waals surface area contributed by atoms with Crippen molar-refractivity contribution in [2.45, 2.75) is 76.4 Å². The maximum Gasteiger partial charge on any atom is 0.321 e. The largest absolute Gasteiger partial charge is 0.335 e. The molecule has 3 rings (SSSR count). The first-order valence-electron chi connectivity index (χ1n) is 9.67. The molecule has 0 heterocycles. The second-order valence-electron chi connectivity index (χ2n) is 7.48. The Kier molecular flexibility index (Phi) is 6.08. The molecule has 2 atom stereocenters. The van der Waals surface area contributed by atoms with Gasteiger partial charge in [0.2, 0.25) is 0 Å². The number of urea groups is 1. The van der Waals surface area contributed by atoms with Crippen molar-refractivity contribution in [1.29, 1.82) is 0 Å². The Bertz CT molecular complexity index is 611. The van der Waals surface area contributed by atoms with Crippen molar-refractivity contribution in [1.82, 2.24) is 10.6 Å². The van der Waals surface area contributed by atoms with E-state index in [0.717, 1.165) is 44.9 Å². The van der Waals surface area contributed by atoms with Crippen LogP contribution in [0.4, 0.5) is 4.79 Å². The number of quaternary nitrogens is 1. The van der Waals surface area contributed by atoms with Crippen LogP contribution < -0.4 is 16.0 Å². The molecule has 4 N–H and O–H groups in total. The molecule has 5 heteroatoms. The average Bonchev–Trinajstić information content (AvgIpc) is 2.62. The van der Waals surface area contributed by atoms with E-state index in [9.17, 15) is 9.59 Å². The van der Waals surface area contributed by atoms with Gasteiger partial charge in [-0.2, -0.15) is 0 Å². The Morgan fingerprint density at radius 1 is 1.08 bits per heavy atom. The average molecular weight is 344 g/mol. The highest BCUT2D eigenvalue weighted by Gasteiger charge is 2.28. The van der Waals surface area contributed by atoms with Gasteiger partial charge in [0.05, 0.1) is 0 Å². The summed E-state index contributed by atoms with van der Waals surface area (Å²) in [5, 5.41) is 7.56. The topological polar surface area (TPSA) is 74.8 Å². The number of aryl methyl sites for hydroxylation is 1. The quantitative estimate of drug-likeness (QED) is 0.783. The zero-order valence-electron chi connectivity index (χ0n) is 15.1. The Morgan fingerprint density at radius 3 is 2.64 bits per heavy atom. The second-order valence-corrected chi connectivity index (χ2v) is 7.48. The molecule has 0 aliphatic heterocycles. The number of amides is 3. The van der Waals surface area contributed by atoms with Crippen molar-refractivity contribution in [3.05, 3.63) is 35.4 Å². The number of hydrogen-bond acceptors (Lipinski definition) is 2. The Labute approximate surface area is 150 Å². The molecular formula is C20H30N3O2+. The summed E-state index contributed by atoms with van der Waals surface area (Å²) in [5.74, 6) is -0.212. The number of nitrogens with one attached hydrogen (secondary N) is 2. The fraction of sp³-hybridized carbons (Fsp3) is 0.600. The van der Waals surface area contributed by atoms with Gasteiger partial charge >= 0.3 is 6.03 Å². The van der Waals surface area contributed by atoms with Crippen molar-refractivity contribution in [2.24, 2.45) is 0 Å². The summed E-state index contributed by atoms with van der Waals surface area (Å²) in [7, 11) is 0. The monoisotopic (exact) mass is 344 g/mol. The van der Waals surface area contributed by atoms with Crippen LogP contribution in [0.5, 0.6) is 0 Å². The SMILES string of the molecule is C[C@@H]([NH2+][C@@H]1CCCc2ccccc21)C(=O)NC(=O)NC1CCCCC1. The van der Waals surface area contributed by atoms with E-state index < -0.39 is 0 Å². The molecule has 0 saturated heterocycles. The van der Waals surface area contributed by atoms with Gasteiger partial charge < -0.3 is 10.6 Å². The number of fused-ring (bicyclic) bond motifs is 1. The van der Waals surface area contributed by atoms with Crippen LogP contribution in [0.15, 0.2) is 24.3 Å². The molecule has 0 unspecified atom stereocenters. The number of carbonyl (C=O) groups is 2. The normalized spacial score (nSPS) is 21.9. The summed E-state index contributed by atoms with van der Waals surface area (Å²) < 4.78 is 0. The van der Waals surface area contributed by atoms with Crippen LogP contribution in [0.2, 0.25) is 0 Å². The number of imide groups is 1. The van der Waals surface area contributed by atoms with Gasteiger partial charge in [0, 0.05) is 18.0 Å². The summed E-state index contributed by atoms with van der Waals surface area (Å²) in [6, 6.07) is 8.36. The fourth-order valence-electron chi connectivity index (χ4n) is 4.12. The first-order valence-corrected chi connectivity index (χ1v) is 9.67. The van der Waals surface area contributed by atoms with E-state index in [1.54, 1.807) is 0 Å². The molecule has 1 aromatic rings. The van der Waals surface area contributed by atoms with Crippen molar-refractivity contribution in [3.63, 3.8) is 0 Å². The van der Waals surface area contributed by atoms with E-state index in [1.807, 2.05) is 6.92 Å². The lowest BCUT2D eigenvalue weighted by molar-refractivity contribution is -0.714. The van der Waals surface area contributed by atoms with E-state index in [0.29, 0.717) is 6.04 Å². The lowest BCUT2D eigenvalue weighted by Gasteiger charge is -2.26. The van der Waals surface area contributed by atoms with Gasteiger partial charge in [0.15, 0.2) is 6.04 Å². The zero-order chi connectivity index (χ0) is 17.6. The molecule has 2 aliphatic rings. The first kappa shape index (κ1) is 17.9. The fourth-order valence-corrected chi connectivity index (χ4v) is 4.12. The highest BCUT2D eigenvalue weighted by atomic mass is 16.2. The standard InChI is InChI=1S/C20H29N3O2/c1-14(19(24)23-20(25)22-16-10-3-2-4-11-16)21-18-13-7-9-15-8-5-6-12-17(15)18/h5-6,8,12,14,16,18,21H,2-4,7,9-11,13H2,1H3,(H2,22,23,24,25)/p+1/t14-,18-/m1/s1. The number of nitrogens with two attached hydrogens (primary N) is 1. The lowest BCUT2D eigenvalue weighted by Crippen LogP contribution is -2.93. The van der Waals surface area contributed by atoms with E-state index in [2.05, 4.69) is 40.2 Å². The highest BCUT2D eigenvalue weighted by molar-refractivity contribution is 5.96. The number of hydrogen-bond donors (Lipinski definition) is 3. The smallest absolute Gasteiger partial charge is 0.321 e. The van der Waals surface area contributed by atoms with Crippen molar-refractivity contribution < 1.29 is 14.9 Å². The molecular weight excluding hydrogens is 314 g/mol. The van der Waals surface area contributed by atoms with Crippen LogP contribution >= 0.6 is 0 Å². The maximum absolute atomic E-state index is 12.4. The predicted octanol–water partition coefficient (Wildman–Crippen LogP) is 2.17. The summed E-state index contributed by atoms with van der Waals surface area (Å²) in [6.45, 7) is 1.88. The van der Waals surface area contributed by atoms with Crippen molar-refractivity contribution in [3.8, 4) is 0 Å². The van der Waals surface area contributed by atoms with Crippen LogP contribution in [0.3, 0.4) is 0 Å². The highest BCUT2D eigenvalue weighted by Crippen LogP contribution is 2.26. The molecule has 136 valence electrons. The van der Waals surface area contributed by atoms with Crippen LogP contribution in [0.1, 0.15) is 69.0 Å². The molecule has 0 spiro atoms. The molecule has 3 amide bonds. The minimum Gasteiger partial charge on any atom is -0.335 e. The molecule has 1 aromatic carbocycles. The molecule has 25 heavy (non-hydrogen) atoms. The Balaban J connectivity index is 1.50. The van der Waals surface area contributed by atoms with Crippen LogP contribution in [0, 0.1) is 0 Å². The van der Waals surface area contributed by atoms with Gasteiger partial charge in [-0.3, -0.25) is 10.1 Å². The van der Waals surface area contributed by atoms with E-state index in [4.69, 9.17) is 0 Å². The zero-order valence-corrected chi connectivity index (χ0v) is 15.1. The molecule has 0 aromatic heterocycles. The van der Waals surface area contributed by atoms with Gasteiger partial charge in [0.1, 0.15) is 6.04 Å². The minimum atomic E-state index is -0.346. The van der Waals surface area contributed by atoms with Gasteiger partial charge in [-0.25, -0.2) is 4.79 Å². The molecule has 0 bridgehead atoms. The van der Waals surface area contributed by atoms with Crippen molar-refractivity contribution in [2.75, 3.05) is 0 Å². The number of carbonyl (C=O) groups excluding carboxylic acids is 2. The van der Waals surface area contributed by atoms with Gasteiger partial charge in [0.25, 0.3) is 5.91 Å². The van der Waals surface area contributed by atoms with E-state index in [1.165, 1.54) is 17.5 Å². The predicted molar refractivity (Wildman–Crippen MR) is 97.1 cm³/mol. The lowest BCUT2D eigenvalue weighted by atomic mass is 9.87. The van der Waals surface area contributed by atoms with Gasteiger partial charge in [-0.05, 0) is 38.2 Å². The number of benzene rings is 1. The van der Waals surface area contributed by atoms with Gasteiger partial charge in [-0.15, -0.1) is 0 Å². The number of rotatable bonds is 4. The Hall–Kier alpha value is -1.88. The second kappa shape index (κ2) is 8.48. The molecule has 5 nitrogen and oxygen atoms in total. The van der Waals surface area contributed by atoms with Crippen molar-refractivity contribution >= 4 is 11.9 Å². The van der Waals surface area contributed by atoms with Crippen LogP contribution in [-0.2, 0) is 11.2 Å². The minimum absolute atomic E-state index is 0.212. The summed E-state index contributed by atoms with van der Waals surface area (Å²) in [5.41, 5.74) is 2.72. The third kappa shape index (κ3) is 4.82. The summed E-state index contributed by atoms with van der Waals surface area (Å²) in [6.07, 6.45) is 8.93. The van der Waals surface area contributed by atoms with E-state index >= 15 is 0 Å². The molecule has 2 aliphatic carbocycles. The first-order chi connectivity index (χ1) is 12.1. The molecule has 0 radical (unpaired) electrons.